The van der Waals surface area contributed by atoms with E-state index in [9.17, 15) is 9.90 Å². The second-order valence-electron chi connectivity index (χ2n) is 4.29. The van der Waals surface area contributed by atoms with E-state index in [0.29, 0.717) is 10.4 Å². The Morgan fingerprint density at radius 2 is 1.89 bits per heavy atom. The van der Waals surface area contributed by atoms with E-state index in [2.05, 4.69) is 15.9 Å². The number of halogens is 1. The molecule has 1 heterocycles. The van der Waals surface area contributed by atoms with Gasteiger partial charge in [-0.1, -0.05) is 12.1 Å². The number of hydrogen-bond acceptors (Lipinski definition) is 3. The van der Waals surface area contributed by atoms with E-state index in [1.807, 2.05) is 6.92 Å². The SMILES string of the molecule is CC(c1ccc(O)cc1)N(C)C(=O)c1ccc(Br)o1. The Bertz CT molecular complexity index is 577. The lowest BCUT2D eigenvalue weighted by molar-refractivity contribution is 0.0709. The van der Waals surface area contributed by atoms with Crippen LogP contribution in [0.2, 0.25) is 0 Å². The van der Waals surface area contributed by atoms with Crippen molar-refractivity contribution in [2.75, 3.05) is 7.05 Å². The van der Waals surface area contributed by atoms with E-state index in [1.54, 1.807) is 48.3 Å². The van der Waals surface area contributed by atoms with Crippen molar-refractivity contribution in [1.29, 1.82) is 0 Å². The lowest BCUT2D eigenvalue weighted by Crippen LogP contribution is -2.29. The summed E-state index contributed by atoms with van der Waals surface area (Å²) in [5.41, 5.74) is 0.944. The molecule has 2 rings (SSSR count). The molecule has 100 valence electrons. The lowest BCUT2D eigenvalue weighted by atomic mass is 10.1. The zero-order valence-corrected chi connectivity index (χ0v) is 12.2. The smallest absolute Gasteiger partial charge is 0.289 e. The first kappa shape index (κ1) is 13.7. The van der Waals surface area contributed by atoms with Crippen LogP contribution in [0.5, 0.6) is 5.75 Å². The molecule has 2 aromatic rings. The van der Waals surface area contributed by atoms with Crippen molar-refractivity contribution in [3.8, 4) is 5.75 Å². The number of carbonyl (C=O) groups excluding carboxylic acids is 1. The fraction of sp³-hybridized carbons (Fsp3) is 0.214. The van der Waals surface area contributed by atoms with Crippen molar-refractivity contribution in [1.82, 2.24) is 4.90 Å². The molecule has 1 atom stereocenters. The van der Waals surface area contributed by atoms with E-state index in [4.69, 9.17) is 4.42 Å². The Morgan fingerprint density at radius 1 is 1.26 bits per heavy atom. The van der Waals surface area contributed by atoms with Gasteiger partial charge in [-0.25, -0.2) is 0 Å². The minimum atomic E-state index is -0.189. The van der Waals surface area contributed by atoms with Gasteiger partial charge in [0.05, 0.1) is 6.04 Å². The molecule has 0 spiro atoms. The van der Waals surface area contributed by atoms with Gasteiger partial charge in [0, 0.05) is 7.05 Å². The van der Waals surface area contributed by atoms with E-state index in [-0.39, 0.29) is 17.7 Å². The zero-order chi connectivity index (χ0) is 14.0. The Kier molecular flexibility index (Phi) is 3.95. The van der Waals surface area contributed by atoms with Gasteiger partial charge < -0.3 is 14.4 Å². The molecule has 5 heteroatoms. The standard InChI is InChI=1S/C14H14BrNO3/c1-9(10-3-5-11(17)6-4-10)16(2)14(18)12-7-8-13(15)19-12/h3-9,17H,1-2H3. The summed E-state index contributed by atoms with van der Waals surface area (Å²) in [5.74, 6) is 0.311. The summed E-state index contributed by atoms with van der Waals surface area (Å²) in [6, 6.07) is 10.0. The minimum Gasteiger partial charge on any atom is -0.508 e. The van der Waals surface area contributed by atoms with Crippen LogP contribution in [0.4, 0.5) is 0 Å². The molecule has 4 nitrogen and oxygen atoms in total. The predicted octanol–water partition coefficient (Wildman–Crippen LogP) is 3.58. The molecule has 0 aliphatic heterocycles. The molecule has 0 aliphatic carbocycles. The highest BCUT2D eigenvalue weighted by Gasteiger charge is 2.21. The number of amides is 1. The number of nitrogens with zero attached hydrogens (tertiary/aromatic N) is 1. The van der Waals surface area contributed by atoms with Gasteiger partial charge in [-0.05, 0) is 52.7 Å². The van der Waals surface area contributed by atoms with Crippen molar-refractivity contribution in [2.24, 2.45) is 0 Å². The molecule has 0 bridgehead atoms. The number of benzene rings is 1. The molecule has 0 fully saturated rings. The van der Waals surface area contributed by atoms with E-state index < -0.39 is 0 Å². The highest BCUT2D eigenvalue weighted by molar-refractivity contribution is 9.10. The van der Waals surface area contributed by atoms with Gasteiger partial charge in [0.2, 0.25) is 0 Å². The van der Waals surface area contributed by atoms with Crippen LogP contribution in [0.3, 0.4) is 0 Å². The Balaban J connectivity index is 2.16. The summed E-state index contributed by atoms with van der Waals surface area (Å²) >= 11 is 3.17. The second kappa shape index (κ2) is 5.48. The molecular weight excluding hydrogens is 310 g/mol. The van der Waals surface area contributed by atoms with Crippen LogP contribution in [0, 0.1) is 0 Å². The molecule has 1 aromatic heterocycles. The third-order valence-corrected chi connectivity index (χ3v) is 3.49. The molecule has 1 amide bonds. The molecule has 1 N–H and O–H groups in total. The van der Waals surface area contributed by atoms with Gasteiger partial charge in [0.1, 0.15) is 5.75 Å². The average Bonchev–Trinajstić information content (AvgIpc) is 2.84. The largest absolute Gasteiger partial charge is 0.508 e. The summed E-state index contributed by atoms with van der Waals surface area (Å²) in [6.45, 7) is 1.92. The van der Waals surface area contributed by atoms with Gasteiger partial charge in [0.25, 0.3) is 5.91 Å². The van der Waals surface area contributed by atoms with Crippen LogP contribution in [0.15, 0.2) is 45.5 Å². The van der Waals surface area contributed by atoms with Crippen LogP contribution in [0.25, 0.3) is 0 Å². The highest BCUT2D eigenvalue weighted by Crippen LogP contribution is 2.24. The zero-order valence-electron chi connectivity index (χ0n) is 10.6. The predicted molar refractivity (Wildman–Crippen MR) is 75.0 cm³/mol. The minimum absolute atomic E-state index is 0.114. The third-order valence-electron chi connectivity index (χ3n) is 3.06. The summed E-state index contributed by atoms with van der Waals surface area (Å²) in [6.07, 6.45) is 0. The normalized spacial score (nSPS) is 12.2. The first-order valence-electron chi connectivity index (χ1n) is 5.80. The molecule has 1 unspecified atom stereocenters. The van der Waals surface area contributed by atoms with E-state index >= 15 is 0 Å². The van der Waals surface area contributed by atoms with Crippen LogP contribution < -0.4 is 0 Å². The summed E-state index contributed by atoms with van der Waals surface area (Å²) in [5, 5.41) is 9.27. The van der Waals surface area contributed by atoms with Gasteiger partial charge in [0.15, 0.2) is 10.4 Å². The fourth-order valence-corrected chi connectivity index (χ4v) is 2.06. The van der Waals surface area contributed by atoms with Crippen molar-refractivity contribution in [2.45, 2.75) is 13.0 Å². The van der Waals surface area contributed by atoms with Crippen molar-refractivity contribution in [3.63, 3.8) is 0 Å². The number of furan rings is 1. The number of phenols is 1. The topological polar surface area (TPSA) is 53.7 Å². The molecule has 0 saturated heterocycles. The Morgan fingerprint density at radius 3 is 2.42 bits per heavy atom. The van der Waals surface area contributed by atoms with Gasteiger partial charge >= 0.3 is 0 Å². The maximum absolute atomic E-state index is 12.2. The number of carbonyl (C=O) groups is 1. The van der Waals surface area contributed by atoms with Crippen molar-refractivity contribution < 1.29 is 14.3 Å². The van der Waals surface area contributed by atoms with Gasteiger partial charge in [-0.2, -0.15) is 0 Å². The maximum Gasteiger partial charge on any atom is 0.289 e. The van der Waals surface area contributed by atoms with Crippen LogP contribution in [0.1, 0.15) is 29.1 Å². The average molecular weight is 324 g/mol. The summed E-state index contributed by atoms with van der Waals surface area (Å²) in [4.78, 5) is 13.8. The summed E-state index contributed by atoms with van der Waals surface area (Å²) < 4.78 is 5.79. The van der Waals surface area contributed by atoms with Crippen LogP contribution >= 0.6 is 15.9 Å². The molecule has 0 radical (unpaired) electrons. The van der Waals surface area contributed by atoms with Crippen LogP contribution in [-0.2, 0) is 0 Å². The van der Waals surface area contributed by atoms with Crippen LogP contribution in [-0.4, -0.2) is 23.0 Å². The van der Waals surface area contributed by atoms with Gasteiger partial charge in [-0.15, -0.1) is 0 Å². The lowest BCUT2D eigenvalue weighted by Gasteiger charge is -2.24. The highest BCUT2D eigenvalue weighted by atomic mass is 79.9. The van der Waals surface area contributed by atoms with Gasteiger partial charge in [-0.3, -0.25) is 4.79 Å². The monoisotopic (exact) mass is 323 g/mol. The molecule has 19 heavy (non-hydrogen) atoms. The third kappa shape index (κ3) is 2.98. The first-order chi connectivity index (χ1) is 8.99. The molecule has 0 aliphatic rings. The summed E-state index contributed by atoms with van der Waals surface area (Å²) in [7, 11) is 1.72. The number of rotatable bonds is 3. The van der Waals surface area contributed by atoms with E-state index in [1.165, 1.54) is 0 Å². The Hall–Kier alpha value is -1.75. The molecule has 0 saturated carbocycles. The Labute approximate surface area is 119 Å². The molecular formula is C14H14BrNO3. The van der Waals surface area contributed by atoms with Crippen molar-refractivity contribution >= 4 is 21.8 Å². The maximum atomic E-state index is 12.2. The number of aromatic hydroxyl groups is 1. The number of hydrogen-bond donors (Lipinski definition) is 1. The fourth-order valence-electron chi connectivity index (χ4n) is 1.76. The second-order valence-corrected chi connectivity index (χ2v) is 5.07. The first-order valence-corrected chi connectivity index (χ1v) is 6.60. The number of phenolic OH excluding ortho intramolecular Hbond substituents is 1. The van der Waals surface area contributed by atoms with Crippen molar-refractivity contribution in [3.05, 3.63) is 52.4 Å². The van der Waals surface area contributed by atoms with E-state index in [0.717, 1.165) is 5.56 Å². The molecule has 1 aromatic carbocycles. The quantitative estimate of drug-likeness (QED) is 0.939.